The van der Waals surface area contributed by atoms with E-state index in [9.17, 15) is 18.5 Å². The number of ether oxygens (including phenoxy) is 1. The van der Waals surface area contributed by atoms with Crippen molar-refractivity contribution in [3.8, 4) is 0 Å². The Morgan fingerprint density at radius 3 is 2.94 bits per heavy atom. The SMILES string of the molecule is CC(=O)[C@@H](C)NP(=O)(COCCn1cnc2c(=O)[nH]c(N)nc21)OCc1cccc(F)c1. The van der Waals surface area contributed by atoms with Crippen LogP contribution in [-0.2, 0) is 31.8 Å². The second kappa shape index (κ2) is 10.1. The van der Waals surface area contributed by atoms with Gasteiger partial charge in [-0.1, -0.05) is 12.1 Å². The van der Waals surface area contributed by atoms with Gasteiger partial charge in [-0.05, 0) is 31.5 Å². The Bertz CT molecular complexity index is 1210. The molecular formula is C19H24FN6O5P. The maximum absolute atomic E-state index is 13.4. The third-order valence-corrected chi connectivity index (χ3v) is 6.41. The standard InChI is InChI=1S/C19H24FN6O5P/c1-12(13(2)27)25-32(29,31-9-14-4-3-5-15(20)8-14)11-30-7-6-26-10-22-16-17(26)23-19(21)24-18(16)28/h3-5,8,10,12H,6-7,9,11H2,1-2H3,(H,25,29)(H3,21,23,24,28)/t12-,32?/m1/s1. The molecule has 11 nitrogen and oxygen atoms in total. The number of nitrogens with zero attached hydrogens (tertiary/aromatic N) is 3. The van der Waals surface area contributed by atoms with Crippen LogP contribution in [0.25, 0.3) is 11.2 Å². The first-order valence-electron chi connectivity index (χ1n) is 9.71. The predicted molar refractivity (Wildman–Crippen MR) is 115 cm³/mol. The molecule has 0 aliphatic rings. The number of carbonyl (C=O) groups excluding carboxylic acids is 1. The summed E-state index contributed by atoms with van der Waals surface area (Å²) < 4.78 is 39.3. The Hall–Kier alpha value is -2.92. The Labute approximate surface area is 182 Å². The van der Waals surface area contributed by atoms with E-state index in [2.05, 4.69) is 20.0 Å². The zero-order valence-corrected chi connectivity index (χ0v) is 18.5. The normalized spacial score (nSPS) is 14.3. The van der Waals surface area contributed by atoms with Crippen LogP contribution in [-0.4, -0.2) is 44.3 Å². The molecule has 3 rings (SSSR count). The number of carbonyl (C=O) groups is 1. The number of benzene rings is 1. The molecule has 0 spiro atoms. The first-order chi connectivity index (χ1) is 15.2. The fraction of sp³-hybridized carbons (Fsp3) is 0.368. The van der Waals surface area contributed by atoms with Crippen molar-refractivity contribution < 1.29 is 23.0 Å². The van der Waals surface area contributed by atoms with Crippen LogP contribution >= 0.6 is 7.52 Å². The number of hydrogen-bond acceptors (Lipinski definition) is 8. The number of nitrogen functional groups attached to an aromatic ring is 1. The molecule has 0 saturated carbocycles. The van der Waals surface area contributed by atoms with Gasteiger partial charge in [0.05, 0.1) is 25.6 Å². The van der Waals surface area contributed by atoms with Crippen LogP contribution in [0.3, 0.4) is 0 Å². The van der Waals surface area contributed by atoms with Gasteiger partial charge in [-0.25, -0.2) is 14.5 Å². The van der Waals surface area contributed by atoms with Crippen molar-refractivity contribution in [2.75, 3.05) is 18.7 Å². The summed E-state index contributed by atoms with van der Waals surface area (Å²) in [6.07, 6.45) is 1.09. The summed E-state index contributed by atoms with van der Waals surface area (Å²) in [5, 5.41) is 2.69. The number of halogens is 1. The van der Waals surface area contributed by atoms with E-state index in [0.29, 0.717) is 11.2 Å². The van der Waals surface area contributed by atoms with Crippen molar-refractivity contribution in [2.24, 2.45) is 0 Å². The van der Waals surface area contributed by atoms with E-state index in [4.69, 9.17) is 15.0 Å². The molecule has 0 saturated heterocycles. The molecule has 2 aromatic heterocycles. The van der Waals surface area contributed by atoms with E-state index in [-0.39, 0.29) is 43.4 Å². The van der Waals surface area contributed by atoms with Crippen LogP contribution in [0.5, 0.6) is 0 Å². The summed E-state index contributed by atoms with van der Waals surface area (Å²) in [4.78, 5) is 33.9. The number of anilines is 1. The average molecular weight is 466 g/mol. The highest BCUT2D eigenvalue weighted by atomic mass is 31.2. The summed E-state index contributed by atoms with van der Waals surface area (Å²) in [6.45, 7) is 3.13. The smallest absolute Gasteiger partial charge is 0.295 e. The Morgan fingerprint density at radius 2 is 2.22 bits per heavy atom. The van der Waals surface area contributed by atoms with Crippen LogP contribution in [0.2, 0.25) is 0 Å². The van der Waals surface area contributed by atoms with Crippen molar-refractivity contribution in [2.45, 2.75) is 33.0 Å². The fourth-order valence-electron chi connectivity index (χ4n) is 2.79. The monoisotopic (exact) mass is 466 g/mol. The minimum atomic E-state index is -3.61. The van der Waals surface area contributed by atoms with Crippen molar-refractivity contribution in [1.82, 2.24) is 24.6 Å². The average Bonchev–Trinajstić information content (AvgIpc) is 3.13. The highest BCUT2D eigenvalue weighted by Crippen LogP contribution is 2.44. The molecule has 1 aromatic carbocycles. The second-order valence-corrected chi connectivity index (χ2v) is 9.26. The second-order valence-electron chi connectivity index (χ2n) is 7.14. The largest absolute Gasteiger partial charge is 0.369 e. The first-order valence-corrected chi connectivity index (χ1v) is 11.5. The maximum Gasteiger partial charge on any atom is 0.295 e. The van der Waals surface area contributed by atoms with Gasteiger partial charge in [0.25, 0.3) is 13.1 Å². The first kappa shape index (κ1) is 23.7. The third kappa shape index (κ3) is 6.07. The van der Waals surface area contributed by atoms with Gasteiger partial charge >= 0.3 is 0 Å². The lowest BCUT2D eigenvalue weighted by Gasteiger charge is -2.22. The Balaban J connectivity index is 1.63. The molecular weight excluding hydrogens is 442 g/mol. The number of hydrogen-bond donors (Lipinski definition) is 3. The van der Waals surface area contributed by atoms with Gasteiger partial charge in [0.15, 0.2) is 11.2 Å². The number of fused-ring (bicyclic) bond motifs is 1. The minimum Gasteiger partial charge on any atom is -0.369 e. The number of ketones is 1. The van der Waals surface area contributed by atoms with Crippen LogP contribution in [0.15, 0.2) is 35.4 Å². The van der Waals surface area contributed by atoms with Gasteiger partial charge in [0.1, 0.15) is 17.9 Å². The van der Waals surface area contributed by atoms with Crippen LogP contribution < -0.4 is 16.4 Å². The summed E-state index contributed by atoms with van der Waals surface area (Å²) in [5.41, 5.74) is 6.04. The summed E-state index contributed by atoms with van der Waals surface area (Å²) in [5.74, 6) is -0.705. The number of H-pyrrole nitrogens is 1. The lowest BCUT2D eigenvalue weighted by Crippen LogP contribution is -2.32. The van der Waals surface area contributed by atoms with Crippen molar-refractivity contribution >= 4 is 30.4 Å². The van der Waals surface area contributed by atoms with Crippen LogP contribution in [0.4, 0.5) is 10.3 Å². The molecule has 13 heteroatoms. The fourth-order valence-corrected chi connectivity index (χ4v) is 4.51. The number of nitrogens with one attached hydrogen (secondary N) is 2. The lowest BCUT2D eigenvalue weighted by atomic mass is 10.2. The number of aromatic nitrogens is 4. The summed E-state index contributed by atoms with van der Waals surface area (Å²) >= 11 is 0. The van der Waals surface area contributed by atoms with E-state index in [1.54, 1.807) is 17.6 Å². The molecule has 0 fully saturated rings. The minimum absolute atomic E-state index is 0.0390. The van der Waals surface area contributed by atoms with Gasteiger partial charge in [-0.2, -0.15) is 4.98 Å². The number of nitrogens with two attached hydrogens (primary N) is 1. The third-order valence-electron chi connectivity index (χ3n) is 4.56. The lowest BCUT2D eigenvalue weighted by molar-refractivity contribution is -0.118. The molecule has 0 amide bonds. The molecule has 0 bridgehead atoms. The molecule has 2 heterocycles. The van der Waals surface area contributed by atoms with Crippen LogP contribution in [0, 0.1) is 5.82 Å². The van der Waals surface area contributed by atoms with Crippen molar-refractivity contribution in [1.29, 1.82) is 0 Å². The number of aromatic amines is 1. The summed E-state index contributed by atoms with van der Waals surface area (Å²) in [7, 11) is -3.61. The van der Waals surface area contributed by atoms with Gasteiger partial charge in [-0.15, -0.1) is 0 Å². The molecule has 1 unspecified atom stereocenters. The van der Waals surface area contributed by atoms with Gasteiger partial charge in [0.2, 0.25) is 5.95 Å². The zero-order valence-electron chi connectivity index (χ0n) is 17.6. The molecule has 172 valence electrons. The van der Waals surface area contributed by atoms with E-state index in [1.165, 1.54) is 31.5 Å². The van der Waals surface area contributed by atoms with Gasteiger partial charge < -0.3 is 19.6 Å². The van der Waals surface area contributed by atoms with Crippen LogP contribution in [0.1, 0.15) is 19.4 Å². The Morgan fingerprint density at radius 1 is 1.44 bits per heavy atom. The van der Waals surface area contributed by atoms with Crippen molar-refractivity contribution in [3.63, 3.8) is 0 Å². The zero-order chi connectivity index (χ0) is 23.3. The maximum atomic E-state index is 13.4. The van der Waals surface area contributed by atoms with E-state index in [1.807, 2.05) is 0 Å². The number of imidazole rings is 1. The number of Topliss-reactive ketones (excluding diaryl/α,β-unsaturated/α-hetero) is 1. The molecule has 3 aromatic rings. The number of rotatable bonds is 11. The van der Waals surface area contributed by atoms with E-state index >= 15 is 0 Å². The highest BCUT2D eigenvalue weighted by Gasteiger charge is 2.27. The highest BCUT2D eigenvalue weighted by molar-refractivity contribution is 7.56. The quantitative estimate of drug-likeness (QED) is 0.283. The van der Waals surface area contributed by atoms with Crippen molar-refractivity contribution in [3.05, 3.63) is 52.3 Å². The van der Waals surface area contributed by atoms with E-state index in [0.717, 1.165) is 0 Å². The topological polar surface area (TPSA) is 154 Å². The summed E-state index contributed by atoms with van der Waals surface area (Å²) in [6, 6.07) is 4.98. The molecule has 4 N–H and O–H groups in total. The molecule has 0 aliphatic heterocycles. The molecule has 2 atom stereocenters. The molecule has 32 heavy (non-hydrogen) atoms. The molecule has 0 radical (unpaired) electrons. The Kier molecular flexibility index (Phi) is 7.52. The van der Waals surface area contributed by atoms with Gasteiger partial charge in [0, 0.05) is 6.54 Å². The molecule has 0 aliphatic carbocycles. The van der Waals surface area contributed by atoms with E-state index < -0.39 is 24.9 Å². The van der Waals surface area contributed by atoms with Gasteiger partial charge in [-0.3, -0.25) is 19.1 Å². The predicted octanol–water partition coefficient (Wildman–Crippen LogP) is 1.79.